The molecule has 1 N–H and O–H groups in total. The topological polar surface area (TPSA) is 74.1 Å². The number of hydrogen-bond donors (Lipinski definition) is 1. The maximum absolute atomic E-state index is 13.5. The van der Waals surface area contributed by atoms with Crippen LogP contribution >= 0.6 is 11.8 Å². The molecule has 3 aromatic carbocycles. The fraction of sp³-hybridized carbons (Fsp3) is 0.185. The van der Waals surface area contributed by atoms with Gasteiger partial charge in [-0.3, -0.25) is 9.59 Å². The number of aliphatic imine (C=N–C) groups is 1. The predicted molar refractivity (Wildman–Crippen MR) is 137 cm³/mol. The van der Waals surface area contributed by atoms with Crippen LogP contribution in [-0.4, -0.2) is 33.0 Å². The van der Waals surface area contributed by atoms with Gasteiger partial charge in [0.1, 0.15) is 16.9 Å². The number of rotatable bonds is 5. The minimum atomic E-state index is -0.691. The number of aryl methyl sites for hydroxylation is 1. The van der Waals surface area contributed by atoms with E-state index >= 15 is 0 Å². The monoisotopic (exact) mass is 504 g/mol. The number of anilines is 1. The molecule has 9 heteroatoms. The summed E-state index contributed by atoms with van der Waals surface area (Å²) < 4.78 is 26.6. The summed E-state index contributed by atoms with van der Waals surface area (Å²) in [4.78, 5) is 29.4. The molecule has 0 saturated heterocycles. The Morgan fingerprint density at radius 1 is 1.00 bits per heavy atom. The van der Waals surface area contributed by atoms with Gasteiger partial charge in [0.05, 0.1) is 11.8 Å². The second kappa shape index (κ2) is 10.0. The second-order valence-corrected chi connectivity index (χ2v) is 9.80. The molecular formula is C27H22F2N4O2S. The van der Waals surface area contributed by atoms with E-state index in [1.54, 1.807) is 17.1 Å². The van der Waals surface area contributed by atoms with E-state index in [0.717, 1.165) is 22.4 Å². The van der Waals surface area contributed by atoms with E-state index in [4.69, 9.17) is 5.10 Å². The summed E-state index contributed by atoms with van der Waals surface area (Å²) in [6.07, 6.45) is 0.476. The third-order valence-corrected chi connectivity index (χ3v) is 7.12. The van der Waals surface area contributed by atoms with E-state index in [-0.39, 0.29) is 24.2 Å². The average molecular weight is 505 g/mol. The summed E-state index contributed by atoms with van der Waals surface area (Å²) in [5.41, 5.74) is 4.13. The Morgan fingerprint density at radius 3 is 2.31 bits per heavy atom. The van der Waals surface area contributed by atoms with Gasteiger partial charge in [-0.05, 0) is 54.4 Å². The van der Waals surface area contributed by atoms with Crippen LogP contribution in [0.3, 0.4) is 0 Å². The molecule has 2 aliphatic rings. The van der Waals surface area contributed by atoms with Crippen molar-refractivity contribution in [3.8, 4) is 0 Å². The van der Waals surface area contributed by atoms with E-state index in [1.807, 2.05) is 31.2 Å². The highest BCUT2D eigenvalue weighted by atomic mass is 32.2. The van der Waals surface area contributed by atoms with Gasteiger partial charge in [0.25, 0.3) is 5.91 Å². The quantitative estimate of drug-likeness (QED) is 0.501. The van der Waals surface area contributed by atoms with Gasteiger partial charge in [0.15, 0.2) is 5.17 Å². The number of nitrogens with zero attached hydrogens (tertiary/aromatic N) is 3. The van der Waals surface area contributed by atoms with E-state index in [0.29, 0.717) is 17.3 Å². The largest absolute Gasteiger partial charge is 0.326 e. The van der Waals surface area contributed by atoms with Crippen LogP contribution in [0.25, 0.3) is 0 Å². The highest BCUT2D eigenvalue weighted by Gasteiger charge is 2.39. The van der Waals surface area contributed by atoms with E-state index in [1.165, 1.54) is 48.2 Å². The molecular weight excluding hydrogens is 482 g/mol. The van der Waals surface area contributed by atoms with Gasteiger partial charge in [-0.2, -0.15) is 10.1 Å². The third kappa shape index (κ3) is 5.21. The Bertz CT molecular complexity index is 1360. The molecule has 2 atom stereocenters. The number of carbonyl (C=O) groups excluding carboxylic acids is 2. The van der Waals surface area contributed by atoms with Crippen molar-refractivity contribution in [3.05, 3.63) is 101 Å². The molecule has 6 nitrogen and oxygen atoms in total. The maximum atomic E-state index is 13.5. The van der Waals surface area contributed by atoms with Gasteiger partial charge in [0, 0.05) is 18.5 Å². The first-order valence-electron chi connectivity index (χ1n) is 11.4. The summed E-state index contributed by atoms with van der Waals surface area (Å²) in [6, 6.07) is 19.4. The molecule has 0 aromatic heterocycles. The molecule has 2 heterocycles. The van der Waals surface area contributed by atoms with Crippen LogP contribution in [0.2, 0.25) is 0 Å². The Morgan fingerprint density at radius 2 is 1.64 bits per heavy atom. The molecule has 2 amide bonds. The Kier molecular flexibility index (Phi) is 6.65. The van der Waals surface area contributed by atoms with Crippen molar-refractivity contribution in [2.45, 2.75) is 31.1 Å². The standard InChI is InChI=1S/C27H22F2N4O2S/c1-16-2-4-18(5-3-16)23-14-22(17-6-8-19(28)9-7-17)32-33(23)27-31-26(35)24(36-27)15-25(34)30-21-12-10-20(29)11-13-21/h2-13,23-24H,14-15H2,1H3,(H,30,34)/t23-,24+/m0/s1. The summed E-state index contributed by atoms with van der Waals surface area (Å²) in [5.74, 6) is -1.50. The molecule has 0 radical (unpaired) electrons. The summed E-state index contributed by atoms with van der Waals surface area (Å²) in [6.45, 7) is 2.01. The highest BCUT2D eigenvalue weighted by molar-refractivity contribution is 8.15. The molecule has 0 unspecified atom stereocenters. The molecule has 0 saturated carbocycles. The van der Waals surface area contributed by atoms with Crippen molar-refractivity contribution >= 4 is 40.1 Å². The molecule has 2 aliphatic heterocycles. The van der Waals surface area contributed by atoms with E-state index < -0.39 is 17.0 Å². The number of amides is 2. The van der Waals surface area contributed by atoms with Gasteiger partial charge < -0.3 is 5.32 Å². The van der Waals surface area contributed by atoms with Crippen molar-refractivity contribution in [1.82, 2.24) is 5.01 Å². The molecule has 36 heavy (non-hydrogen) atoms. The number of hydrazone groups is 1. The number of hydrogen-bond acceptors (Lipinski definition) is 5. The van der Waals surface area contributed by atoms with Gasteiger partial charge in [-0.25, -0.2) is 13.8 Å². The third-order valence-electron chi connectivity index (χ3n) is 5.97. The number of carbonyl (C=O) groups is 2. The number of benzene rings is 3. The predicted octanol–water partition coefficient (Wildman–Crippen LogP) is 5.45. The zero-order valence-corrected chi connectivity index (χ0v) is 20.1. The Balaban J connectivity index is 1.35. The minimum Gasteiger partial charge on any atom is -0.326 e. The van der Waals surface area contributed by atoms with Gasteiger partial charge in [-0.15, -0.1) is 0 Å². The molecule has 3 aromatic rings. The lowest BCUT2D eigenvalue weighted by molar-refractivity contribution is -0.121. The smallest absolute Gasteiger partial charge is 0.262 e. The molecule has 0 fully saturated rings. The van der Waals surface area contributed by atoms with E-state index in [9.17, 15) is 18.4 Å². The lowest BCUT2D eigenvalue weighted by Crippen LogP contribution is -2.25. The lowest BCUT2D eigenvalue weighted by atomic mass is 9.98. The first kappa shape index (κ1) is 23.9. The second-order valence-electron chi connectivity index (χ2n) is 8.63. The SMILES string of the molecule is Cc1ccc([C@@H]2CC(c3ccc(F)cc3)=NN2C2=NC(=O)[C@@H](CC(=O)Nc3ccc(F)cc3)S2)cc1. The van der Waals surface area contributed by atoms with Gasteiger partial charge in [-0.1, -0.05) is 53.7 Å². The lowest BCUT2D eigenvalue weighted by Gasteiger charge is -2.23. The van der Waals surface area contributed by atoms with Crippen molar-refractivity contribution < 1.29 is 18.4 Å². The molecule has 5 rings (SSSR count). The maximum Gasteiger partial charge on any atom is 0.262 e. The first-order chi connectivity index (χ1) is 17.4. The Hall–Kier alpha value is -3.85. The highest BCUT2D eigenvalue weighted by Crippen LogP contribution is 2.38. The van der Waals surface area contributed by atoms with Crippen molar-refractivity contribution in [2.24, 2.45) is 10.1 Å². The number of nitrogens with one attached hydrogen (secondary N) is 1. The Labute approximate surface area is 211 Å². The van der Waals surface area contributed by atoms with Crippen molar-refractivity contribution in [1.29, 1.82) is 0 Å². The van der Waals surface area contributed by atoms with Crippen molar-refractivity contribution in [2.75, 3.05) is 5.32 Å². The van der Waals surface area contributed by atoms with Crippen LogP contribution in [-0.2, 0) is 9.59 Å². The number of thioether (sulfide) groups is 1. The zero-order chi connectivity index (χ0) is 25.2. The normalized spacial score (nSPS) is 19.3. The van der Waals surface area contributed by atoms with Crippen LogP contribution in [0, 0.1) is 18.6 Å². The zero-order valence-electron chi connectivity index (χ0n) is 19.3. The van der Waals surface area contributed by atoms with Crippen LogP contribution in [0.4, 0.5) is 14.5 Å². The van der Waals surface area contributed by atoms with Crippen LogP contribution in [0.5, 0.6) is 0 Å². The fourth-order valence-electron chi connectivity index (χ4n) is 4.07. The summed E-state index contributed by atoms with van der Waals surface area (Å²) >= 11 is 1.20. The summed E-state index contributed by atoms with van der Waals surface area (Å²) in [5, 5.41) is 8.90. The van der Waals surface area contributed by atoms with Crippen LogP contribution in [0.15, 0.2) is 82.9 Å². The van der Waals surface area contributed by atoms with Gasteiger partial charge in [0.2, 0.25) is 5.91 Å². The van der Waals surface area contributed by atoms with E-state index in [2.05, 4.69) is 10.3 Å². The molecule has 0 spiro atoms. The first-order valence-corrected chi connectivity index (χ1v) is 12.3. The molecule has 0 aliphatic carbocycles. The van der Waals surface area contributed by atoms with Gasteiger partial charge >= 0.3 is 0 Å². The number of amidine groups is 1. The molecule has 182 valence electrons. The molecule has 0 bridgehead atoms. The minimum absolute atomic E-state index is 0.0779. The number of halogens is 2. The van der Waals surface area contributed by atoms with Crippen molar-refractivity contribution in [3.63, 3.8) is 0 Å². The average Bonchev–Trinajstić information content (AvgIpc) is 3.45. The van der Waals surface area contributed by atoms with Crippen LogP contribution in [0.1, 0.15) is 35.6 Å². The van der Waals surface area contributed by atoms with Crippen LogP contribution < -0.4 is 5.32 Å². The summed E-state index contributed by atoms with van der Waals surface area (Å²) in [7, 11) is 0. The fourth-order valence-corrected chi connectivity index (χ4v) is 5.13.